The summed E-state index contributed by atoms with van der Waals surface area (Å²) in [6, 6.07) is 23.6. The highest BCUT2D eigenvalue weighted by Crippen LogP contribution is 2.53. The molecule has 0 spiro atoms. The van der Waals surface area contributed by atoms with Crippen molar-refractivity contribution in [1.82, 2.24) is 0 Å². The number of aliphatic hydroxyl groups excluding tert-OH is 1. The molecule has 6 heteroatoms. The van der Waals surface area contributed by atoms with Crippen molar-refractivity contribution in [2.45, 2.75) is 6.23 Å². The molecule has 1 atom stereocenters. The quantitative estimate of drug-likeness (QED) is 0.415. The summed E-state index contributed by atoms with van der Waals surface area (Å²) in [5, 5.41) is 32.1. The molecule has 2 heterocycles. The van der Waals surface area contributed by atoms with Crippen LogP contribution in [0.5, 0.6) is 11.5 Å². The molecule has 0 saturated heterocycles. The summed E-state index contributed by atoms with van der Waals surface area (Å²) in [6.45, 7) is 0. The standard InChI is InChI=1S/C26H13N3O3/c27-12-14-10-18-22-19(26(31)29(25(18)30)16-6-2-1-3-7-16)11-15(13-28)24-23(22)21(14)17-8-4-5-9-20(17)32-24/h1-11,26,31H. The van der Waals surface area contributed by atoms with E-state index in [1.807, 2.05) is 24.3 Å². The van der Waals surface area contributed by atoms with Crippen LogP contribution in [0.15, 0.2) is 66.7 Å². The molecule has 1 unspecified atom stereocenters. The molecule has 2 aliphatic rings. The smallest absolute Gasteiger partial charge is 0.261 e. The molecule has 4 aromatic rings. The lowest BCUT2D eigenvalue weighted by molar-refractivity contribution is 0.0879. The second-order valence-electron chi connectivity index (χ2n) is 7.65. The fraction of sp³-hybridized carbons (Fsp3) is 0.0385. The molecule has 0 aromatic heterocycles. The zero-order chi connectivity index (χ0) is 22.0. The van der Waals surface area contributed by atoms with Gasteiger partial charge >= 0.3 is 0 Å². The fourth-order valence-electron chi connectivity index (χ4n) is 4.67. The highest BCUT2D eigenvalue weighted by molar-refractivity contribution is 6.22. The summed E-state index contributed by atoms with van der Waals surface area (Å²) in [5.74, 6) is 0.407. The molecular formula is C26H13N3O3. The summed E-state index contributed by atoms with van der Waals surface area (Å²) in [6.07, 6.45) is -1.29. The predicted octanol–water partition coefficient (Wildman–Crippen LogP) is 5.01. The van der Waals surface area contributed by atoms with Crippen molar-refractivity contribution in [1.29, 1.82) is 10.5 Å². The van der Waals surface area contributed by atoms with Gasteiger partial charge in [-0.3, -0.25) is 9.69 Å². The first-order valence-electron chi connectivity index (χ1n) is 9.95. The molecule has 6 nitrogen and oxygen atoms in total. The van der Waals surface area contributed by atoms with Crippen molar-refractivity contribution < 1.29 is 14.6 Å². The molecule has 0 radical (unpaired) electrons. The Kier molecular flexibility index (Phi) is 3.64. The van der Waals surface area contributed by atoms with Crippen LogP contribution in [-0.4, -0.2) is 11.0 Å². The van der Waals surface area contributed by atoms with Gasteiger partial charge in [0.25, 0.3) is 5.91 Å². The summed E-state index contributed by atoms with van der Waals surface area (Å²) < 4.78 is 6.09. The highest BCUT2D eigenvalue weighted by atomic mass is 16.5. The minimum atomic E-state index is -1.29. The average molecular weight is 415 g/mol. The second kappa shape index (κ2) is 6.42. The topological polar surface area (TPSA) is 97.3 Å². The molecule has 0 fully saturated rings. The van der Waals surface area contributed by atoms with Gasteiger partial charge in [0, 0.05) is 38.7 Å². The lowest BCUT2D eigenvalue weighted by Crippen LogP contribution is -2.38. The Morgan fingerprint density at radius 3 is 2.34 bits per heavy atom. The molecule has 6 rings (SSSR count). The van der Waals surface area contributed by atoms with E-state index in [9.17, 15) is 20.4 Å². The fourth-order valence-corrected chi connectivity index (χ4v) is 4.67. The number of nitriles is 2. The highest BCUT2D eigenvalue weighted by Gasteiger charge is 2.39. The van der Waals surface area contributed by atoms with Gasteiger partial charge in [0.1, 0.15) is 11.8 Å². The summed E-state index contributed by atoms with van der Waals surface area (Å²) >= 11 is 0. The van der Waals surface area contributed by atoms with Gasteiger partial charge in [0.15, 0.2) is 12.0 Å². The molecule has 32 heavy (non-hydrogen) atoms. The zero-order valence-corrected chi connectivity index (χ0v) is 16.5. The van der Waals surface area contributed by atoms with E-state index in [1.165, 1.54) is 4.90 Å². The summed E-state index contributed by atoms with van der Waals surface area (Å²) in [5.41, 5.74) is 3.08. The predicted molar refractivity (Wildman–Crippen MR) is 117 cm³/mol. The van der Waals surface area contributed by atoms with Crippen molar-refractivity contribution in [2.75, 3.05) is 4.90 Å². The van der Waals surface area contributed by atoms with Gasteiger partial charge in [-0.1, -0.05) is 36.4 Å². The van der Waals surface area contributed by atoms with Crippen LogP contribution >= 0.6 is 0 Å². The van der Waals surface area contributed by atoms with Crippen molar-refractivity contribution >= 4 is 22.4 Å². The van der Waals surface area contributed by atoms with Gasteiger partial charge in [0.2, 0.25) is 0 Å². The number of fused-ring (bicyclic) bond motifs is 2. The first kappa shape index (κ1) is 18.1. The van der Waals surface area contributed by atoms with Crippen LogP contribution in [0.3, 0.4) is 0 Å². The minimum absolute atomic E-state index is 0.228. The third kappa shape index (κ3) is 2.22. The number of anilines is 1. The van der Waals surface area contributed by atoms with Gasteiger partial charge in [-0.05, 0) is 30.3 Å². The second-order valence-corrected chi connectivity index (χ2v) is 7.65. The lowest BCUT2D eigenvalue weighted by atomic mass is 9.82. The Morgan fingerprint density at radius 1 is 0.875 bits per heavy atom. The molecule has 0 bridgehead atoms. The summed E-state index contributed by atoms with van der Waals surface area (Å²) in [7, 11) is 0. The van der Waals surface area contributed by atoms with Gasteiger partial charge in [-0.15, -0.1) is 0 Å². The number of carbonyl (C=O) groups is 1. The van der Waals surface area contributed by atoms with Gasteiger partial charge < -0.3 is 9.84 Å². The van der Waals surface area contributed by atoms with Crippen LogP contribution in [0.2, 0.25) is 0 Å². The number of hydrogen-bond acceptors (Lipinski definition) is 5. The van der Waals surface area contributed by atoms with E-state index < -0.39 is 12.1 Å². The molecule has 0 saturated carbocycles. The number of nitrogens with zero attached hydrogens (tertiary/aromatic N) is 3. The van der Waals surface area contributed by atoms with E-state index >= 15 is 0 Å². The number of carbonyl (C=O) groups excluding carboxylic acids is 1. The molecule has 1 N–H and O–H groups in total. The first-order valence-corrected chi connectivity index (χ1v) is 9.95. The maximum atomic E-state index is 13.6. The van der Waals surface area contributed by atoms with E-state index in [4.69, 9.17) is 4.74 Å². The van der Waals surface area contributed by atoms with Crippen LogP contribution < -0.4 is 9.64 Å². The molecule has 150 valence electrons. The number of amides is 1. The minimum Gasteiger partial charge on any atom is -0.455 e. The third-order valence-corrected chi connectivity index (χ3v) is 6.00. The molecule has 1 amide bonds. The number of benzene rings is 4. The van der Waals surface area contributed by atoms with Crippen LogP contribution in [0.1, 0.15) is 33.3 Å². The number of ether oxygens (including phenoxy) is 1. The van der Waals surface area contributed by atoms with Crippen LogP contribution in [0, 0.1) is 22.7 Å². The largest absolute Gasteiger partial charge is 0.455 e. The van der Waals surface area contributed by atoms with E-state index in [2.05, 4.69) is 12.1 Å². The Bertz CT molecular complexity index is 1560. The van der Waals surface area contributed by atoms with Crippen molar-refractivity contribution in [2.24, 2.45) is 0 Å². The number of rotatable bonds is 1. The molecule has 4 aromatic carbocycles. The van der Waals surface area contributed by atoms with E-state index in [-0.39, 0.29) is 11.1 Å². The maximum absolute atomic E-state index is 13.6. The first-order chi connectivity index (χ1) is 15.6. The Balaban J connectivity index is 1.77. The molecule has 0 aliphatic carbocycles. The third-order valence-electron chi connectivity index (χ3n) is 6.00. The number of hydrogen-bond donors (Lipinski definition) is 1. The Hall–Kier alpha value is -4.65. The molecular weight excluding hydrogens is 402 g/mol. The normalized spacial score (nSPS) is 15.5. The van der Waals surface area contributed by atoms with Gasteiger partial charge in [-0.25, -0.2) is 0 Å². The maximum Gasteiger partial charge on any atom is 0.261 e. The van der Waals surface area contributed by atoms with Crippen LogP contribution in [0.4, 0.5) is 5.69 Å². The lowest BCUT2D eigenvalue weighted by Gasteiger charge is -2.36. The van der Waals surface area contributed by atoms with E-state index in [1.54, 1.807) is 42.5 Å². The van der Waals surface area contributed by atoms with Gasteiger partial charge in [-0.2, -0.15) is 10.5 Å². The number of para-hydroxylation sites is 2. The van der Waals surface area contributed by atoms with Gasteiger partial charge in [0.05, 0.1) is 17.2 Å². The van der Waals surface area contributed by atoms with Crippen LogP contribution in [-0.2, 0) is 0 Å². The van der Waals surface area contributed by atoms with Crippen molar-refractivity contribution in [3.8, 4) is 34.8 Å². The van der Waals surface area contributed by atoms with E-state index in [0.29, 0.717) is 50.2 Å². The zero-order valence-electron chi connectivity index (χ0n) is 16.5. The van der Waals surface area contributed by atoms with Crippen molar-refractivity contribution in [3.05, 3.63) is 89.0 Å². The Morgan fingerprint density at radius 2 is 1.59 bits per heavy atom. The monoisotopic (exact) mass is 415 g/mol. The summed E-state index contributed by atoms with van der Waals surface area (Å²) in [4.78, 5) is 14.8. The Labute approximate surface area is 182 Å². The number of aliphatic hydroxyl groups is 1. The van der Waals surface area contributed by atoms with Crippen LogP contribution in [0.25, 0.3) is 21.9 Å². The SMILES string of the molecule is N#Cc1cc2c3c(cc(C#N)c4c3c1Oc1ccccc1-4)C(=O)N(c1ccccc1)C2O. The van der Waals surface area contributed by atoms with Crippen molar-refractivity contribution in [3.63, 3.8) is 0 Å². The molecule has 2 aliphatic heterocycles. The average Bonchev–Trinajstić information content (AvgIpc) is 2.84. The van der Waals surface area contributed by atoms with E-state index in [0.717, 1.165) is 0 Å².